The standard InChI is InChI=1S/C19H24N4O3/c1-12-10-13(21-23(12)19(2,3)4)18(25)22-11-16(17(24)20-5)26-15-9-7-6-8-14(15)22/h6-10,16H,11H2,1-5H3,(H,20,24)/t16-/m0/s1. The first-order valence-electron chi connectivity index (χ1n) is 8.58. The Balaban J connectivity index is 1.99. The summed E-state index contributed by atoms with van der Waals surface area (Å²) in [5, 5.41) is 7.08. The summed E-state index contributed by atoms with van der Waals surface area (Å²) in [7, 11) is 1.55. The molecule has 1 aromatic heterocycles. The lowest BCUT2D eigenvalue weighted by Gasteiger charge is -2.33. The van der Waals surface area contributed by atoms with Crippen LogP contribution < -0.4 is 15.0 Å². The van der Waals surface area contributed by atoms with Gasteiger partial charge in [-0.15, -0.1) is 0 Å². The molecule has 0 fully saturated rings. The van der Waals surface area contributed by atoms with Crippen LogP contribution in [0.3, 0.4) is 0 Å². The maximum absolute atomic E-state index is 13.2. The molecule has 7 heteroatoms. The second-order valence-electron chi connectivity index (χ2n) is 7.36. The highest BCUT2D eigenvalue weighted by molar-refractivity contribution is 6.06. The predicted molar refractivity (Wildman–Crippen MR) is 98.6 cm³/mol. The fourth-order valence-corrected chi connectivity index (χ4v) is 3.12. The van der Waals surface area contributed by atoms with Crippen molar-refractivity contribution in [1.29, 1.82) is 0 Å². The van der Waals surface area contributed by atoms with E-state index in [2.05, 4.69) is 10.4 Å². The summed E-state index contributed by atoms with van der Waals surface area (Å²) in [6, 6.07) is 8.99. The Labute approximate surface area is 152 Å². The molecule has 0 aliphatic carbocycles. The lowest BCUT2D eigenvalue weighted by molar-refractivity contribution is -0.127. The number of ether oxygens (including phenoxy) is 1. The van der Waals surface area contributed by atoms with Gasteiger partial charge in [-0.3, -0.25) is 19.2 Å². The van der Waals surface area contributed by atoms with Crippen LogP contribution in [0.4, 0.5) is 5.69 Å². The minimum Gasteiger partial charge on any atom is -0.477 e. The highest BCUT2D eigenvalue weighted by Crippen LogP contribution is 2.34. The molecule has 1 aliphatic rings. The van der Waals surface area contributed by atoms with Gasteiger partial charge in [0.05, 0.1) is 17.8 Å². The highest BCUT2D eigenvalue weighted by Gasteiger charge is 2.35. The average molecular weight is 356 g/mol. The number of rotatable bonds is 2. The van der Waals surface area contributed by atoms with Crippen molar-refractivity contribution in [2.75, 3.05) is 18.5 Å². The van der Waals surface area contributed by atoms with E-state index in [9.17, 15) is 9.59 Å². The zero-order chi connectivity index (χ0) is 19.1. The fraction of sp³-hybridized carbons (Fsp3) is 0.421. The fourth-order valence-electron chi connectivity index (χ4n) is 3.12. The average Bonchev–Trinajstić information content (AvgIpc) is 3.01. The van der Waals surface area contributed by atoms with Gasteiger partial charge in [-0.2, -0.15) is 5.10 Å². The van der Waals surface area contributed by atoms with Gasteiger partial charge in [-0.25, -0.2) is 0 Å². The number of fused-ring (bicyclic) bond motifs is 1. The molecule has 26 heavy (non-hydrogen) atoms. The first-order valence-corrected chi connectivity index (χ1v) is 8.58. The molecule has 0 saturated heterocycles. The molecule has 3 rings (SSSR count). The molecule has 0 spiro atoms. The number of likely N-dealkylation sites (N-methyl/N-ethyl adjacent to an activating group) is 1. The van der Waals surface area contributed by atoms with Crippen LogP contribution in [0.25, 0.3) is 0 Å². The molecule has 2 aromatic rings. The molecule has 0 unspecified atom stereocenters. The summed E-state index contributed by atoms with van der Waals surface area (Å²) in [4.78, 5) is 26.8. The van der Waals surface area contributed by atoms with Crippen LogP contribution in [0, 0.1) is 6.92 Å². The Hall–Kier alpha value is -2.83. The van der Waals surface area contributed by atoms with Crippen molar-refractivity contribution in [3.63, 3.8) is 0 Å². The molecule has 2 heterocycles. The number of aromatic nitrogens is 2. The summed E-state index contributed by atoms with van der Waals surface area (Å²) in [6.45, 7) is 8.17. The second-order valence-corrected chi connectivity index (χ2v) is 7.36. The van der Waals surface area contributed by atoms with Gasteiger partial charge < -0.3 is 10.1 Å². The molecule has 1 aliphatic heterocycles. The number of carbonyl (C=O) groups is 2. The van der Waals surface area contributed by atoms with Crippen molar-refractivity contribution in [1.82, 2.24) is 15.1 Å². The number of hydrogen-bond donors (Lipinski definition) is 1. The molecule has 1 aromatic carbocycles. The quantitative estimate of drug-likeness (QED) is 0.894. The number of para-hydroxylation sites is 2. The zero-order valence-electron chi connectivity index (χ0n) is 15.7. The van der Waals surface area contributed by atoms with Gasteiger partial charge in [0.1, 0.15) is 5.75 Å². The number of hydrogen-bond acceptors (Lipinski definition) is 4. The molecule has 7 nitrogen and oxygen atoms in total. The lowest BCUT2D eigenvalue weighted by atomic mass is 10.1. The van der Waals surface area contributed by atoms with Crippen LogP contribution in [-0.2, 0) is 10.3 Å². The van der Waals surface area contributed by atoms with Crippen LogP contribution in [-0.4, -0.2) is 41.3 Å². The van der Waals surface area contributed by atoms with Crippen molar-refractivity contribution >= 4 is 17.5 Å². The number of carbonyl (C=O) groups excluding carboxylic acids is 2. The van der Waals surface area contributed by atoms with Gasteiger partial charge in [0.25, 0.3) is 11.8 Å². The zero-order valence-corrected chi connectivity index (χ0v) is 15.7. The Morgan fingerprint density at radius 1 is 1.27 bits per heavy atom. The topological polar surface area (TPSA) is 76.5 Å². The van der Waals surface area contributed by atoms with E-state index in [-0.39, 0.29) is 23.9 Å². The second kappa shape index (κ2) is 6.48. The third kappa shape index (κ3) is 3.16. The first kappa shape index (κ1) is 18.0. The number of aryl methyl sites for hydroxylation is 1. The smallest absolute Gasteiger partial charge is 0.279 e. The maximum atomic E-state index is 13.2. The van der Waals surface area contributed by atoms with Crippen LogP contribution >= 0.6 is 0 Å². The molecule has 138 valence electrons. The minimum atomic E-state index is -0.760. The van der Waals surface area contributed by atoms with Gasteiger partial charge in [0, 0.05) is 12.7 Å². The van der Waals surface area contributed by atoms with Crippen molar-refractivity contribution in [2.24, 2.45) is 0 Å². The number of nitrogens with one attached hydrogen (secondary N) is 1. The Morgan fingerprint density at radius 2 is 1.96 bits per heavy atom. The normalized spacial score (nSPS) is 16.7. The summed E-state index contributed by atoms with van der Waals surface area (Å²) in [5.41, 5.74) is 1.67. The molecule has 0 radical (unpaired) electrons. The van der Waals surface area contributed by atoms with Gasteiger partial charge in [0.2, 0.25) is 0 Å². The molecular weight excluding hydrogens is 332 g/mol. The van der Waals surface area contributed by atoms with E-state index in [0.717, 1.165) is 5.69 Å². The summed E-state index contributed by atoms with van der Waals surface area (Å²) in [5.74, 6) is -0.0119. The van der Waals surface area contributed by atoms with Gasteiger partial charge in [-0.05, 0) is 45.9 Å². The predicted octanol–water partition coefficient (Wildman–Crippen LogP) is 2.10. The molecule has 0 bridgehead atoms. The van der Waals surface area contributed by atoms with E-state index in [4.69, 9.17) is 4.74 Å². The third-order valence-electron chi connectivity index (χ3n) is 4.30. The molecule has 1 atom stereocenters. The lowest BCUT2D eigenvalue weighted by Crippen LogP contribution is -2.50. The van der Waals surface area contributed by atoms with Crippen molar-refractivity contribution < 1.29 is 14.3 Å². The van der Waals surface area contributed by atoms with E-state index in [0.29, 0.717) is 17.1 Å². The van der Waals surface area contributed by atoms with Crippen LogP contribution in [0.5, 0.6) is 5.75 Å². The Bertz CT molecular complexity index is 851. The van der Waals surface area contributed by atoms with E-state index in [1.807, 2.05) is 44.5 Å². The Kier molecular flexibility index (Phi) is 4.48. The summed E-state index contributed by atoms with van der Waals surface area (Å²) < 4.78 is 7.59. The SMILES string of the molecule is CNC(=O)[C@@H]1CN(C(=O)c2cc(C)n(C(C)(C)C)n2)c2ccccc2O1. The molecular formula is C19H24N4O3. The van der Waals surface area contributed by atoms with Crippen LogP contribution in [0.15, 0.2) is 30.3 Å². The van der Waals surface area contributed by atoms with Crippen LogP contribution in [0.1, 0.15) is 37.0 Å². The maximum Gasteiger partial charge on any atom is 0.279 e. The van der Waals surface area contributed by atoms with E-state index < -0.39 is 6.10 Å². The van der Waals surface area contributed by atoms with Gasteiger partial charge in [-0.1, -0.05) is 12.1 Å². The van der Waals surface area contributed by atoms with E-state index in [1.165, 1.54) is 0 Å². The van der Waals surface area contributed by atoms with E-state index >= 15 is 0 Å². The van der Waals surface area contributed by atoms with E-state index in [1.54, 1.807) is 30.1 Å². The molecule has 2 amide bonds. The van der Waals surface area contributed by atoms with Crippen LogP contribution in [0.2, 0.25) is 0 Å². The van der Waals surface area contributed by atoms with Crippen molar-refractivity contribution in [3.05, 3.63) is 41.7 Å². The number of anilines is 1. The monoisotopic (exact) mass is 356 g/mol. The van der Waals surface area contributed by atoms with Gasteiger partial charge >= 0.3 is 0 Å². The third-order valence-corrected chi connectivity index (χ3v) is 4.30. The van der Waals surface area contributed by atoms with Crippen molar-refractivity contribution in [3.8, 4) is 5.75 Å². The number of amides is 2. The summed E-state index contributed by atoms with van der Waals surface area (Å²) in [6.07, 6.45) is -0.760. The summed E-state index contributed by atoms with van der Waals surface area (Å²) >= 11 is 0. The first-order chi connectivity index (χ1) is 12.2. The minimum absolute atomic E-state index is 0.136. The van der Waals surface area contributed by atoms with Gasteiger partial charge in [0.15, 0.2) is 11.8 Å². The molecule has 0 saturated carbocycles. The number of nitrogens with zero attached hydrogens (tertiary/aromatic N) is 3. The number of benzene rings is 1. The Morgan fingerprint density at radius 3 is 2.58 bits per heavy atom. The highest BCUT2D eigenvalue weighted by atomic mass is 16.5. The largest absolute Gasteiger partial charge is 0.477 e. The molecule has 1 N–H and O–H groups in total. The van der Waals surface area contributed by atoms with Crippen molar-refractivity contribution in [2.45, 2.75) is 39.3 Å².